The number of hydrogen-bond donors (Lipinski definition) is 1. The zero-order valence-corrected chi connectivity index (χ0v) is 16.4. The third-order valence-corrected chi connectivity index (χ3v) is 6.04. The van der Waals surface area contributed by atoms with Gasteiger partial charge in [0.25, 0.3) is 10.2 Å². The lowest BCUT2D eigenvalue weighted by molar-refractivity contribution is 0.199. The first-order valence-electron chi connectivity index (χ1n) is 8.45. The van der Waals surface area contributed by atoms with Crippen LogP contribution in [-0.4, -0.2) is 74.7 Å². The molecule has 0 unspecified atom stereocenters. The van der Waals surface area contributed by atoms with Gasteiger partial charge < -0.3 is 9.26 Å². The molecule has 1 fully saturated rings. The van der Waals surface area contributed by atoms with Crippen LogP contribution in [0.4, 0.5) is 0 Å². The molecular weight excluding hydrogens is 346 g/mol. The Kier molecular flexibility index (Phi) is 6.92. The molecule has 0 bridgehead atoms. The maximum atomic E-state index is 12.2. The van der Waals surface area contributed by atoms with Crippen LogP contribution in [0.5, 0.6) is 0 Å². The third-order valence-electron chi connectivity index (χ3n) is 4.48. The van der Waals surface area contributed by atoms with Crippen LogP contribution < -0.4 is 4.72 Å². The number of ether oxygens (including phenoxy) is 1. The number of hydrogen-bond acceptors (Lipinski definition) is 7. The van der Waals surface area contributed by atoms with E-state index in [0.29, 0.717) is 43.8 Å². The molecule has 1 saturated heterocycles. The van der Waals surface area contributed by atoms with E-state index in [9.17, 15) is 8.42 Å². The van der Waals surface area contributed by atoms with Crippen molar-refractivity contribution >= 4 is 10.2 Å². The van der Waals surface area contributed by atoms with Crippen LogP contribution in [0.3, 0.4) is 0 Å². The molecule has 0 amide bonds. The summed E-state index contributed by atoms with van der Waals surface area (Å²) in [5, 5.41) is 3.94. The third kappa shape index (κ3) is 5.45. The predicted octanol–water partition coefficient (Wildman–Crippen LogP) is 0.111. The minimum Gasteiger partial charge on any atom is -0.384 e. The SMILES string of the molecule is COCCc1noc(CN2C[C@@H](NS(=O)(=O)N(C)C)[C@H](C(C)C)C2)n1. The summed E-state index contributed by atoms with van der Waals surface area (Å²) >= 11 is 0. The maximum absolute atomic E-state index is 12.2. The molecular formula is C15H29N5O4S. The quantitative estimate of drug-likeness (QED) is 0.654. The van der Waals surface area contributed by atoms with Crippen molar-refractivity contribution in [3.8, 4) is 0 Å². The normalized spacial score (nSPS) is 22.4. The fourth-order valence-corrected chi connectivity index (χ4v) is 3.82. The van der Waals surface area contributed by atoms with E-state index in [2.05, 4.69) is 33.6 Å². The van der Waals surface area contributed by atoms with E-state index >= 15 is 0 Å². The van der Waals surface area contributed by atoms with Crippen LogP contribution in [0, 0.1) is 11.8 Å². The first-order valence-corrected chi connectivity index (χ1v) is 9.89. The largest absolute Gasteiger partial charge is 0.384 e. The molecule has 1 aliphatic rings. The predicted molar refractivity (Wildman–Crippen MR) is 93.0 cm³/mol. The van der Waals surface area contributed by atoms with Crippen molar-refractivity contribution in [2.24, 2.45) is 11.8 Å². The van der Waals surface area contributed by atoms with Crippen LogP contribution in [0.2, 0.25) is 0 Å². The zero-order valence-electron chi connectivity index (χ0n) is 15.6. The second-order valence-electron chi connectivity index (χ2n) is 6.96. The van der Waals surface area contributed by atoms with Gasteiger partial charge in [0.15, 0.2) is 5.82 Å². The topological polar surface area (TPSA) is 101 Å². The van der Waals surface area contributed by atoms with Gasteiger partial charge in [0, 0.05) is 46.8 Å². The van der Waals surface area contributed by atoms with Crippen molar-refractivity contribution in [2.45, 2.75) is 32.9 Å². The van der Waals surface area contributed by atoms with E-state index in [1.54, 1.807) is 7.11 Å². The van der Waals surface area contributed by atoms with E-state index in [1.165, 1.54) is 18.4 Å². The van der Waals surface area contributed by atoms with E-state index in [-0.39, 0.29) is 12.0 Å². The summed E-state index contributed by atoms with van der Waals surface area (Å²) in [5.74, 6) is 1.76. The summed E-state index contributed by atoms with van der Waals surface area (Å²) in [4.78, 5) is 6.52. The van der Waals surface area contributed by atoms with Crippen molar-refractivity contribution in [1.82, 2.24) is 24.1 Å². The first-order chi connectivity index (χ1) is 11.7. The molecule has 25 heavy (non-hydrogen) atoms. The summed E-state index contributed by atoms with van der Waals surface area (Å²) in [6.45, 7) is 6.69. The number of nitrogens with zero attached hydrogens (tertiary/aromatic N) is 4. The molecule has 9 nitrogen and oxygen atoms in total. The van der Waals surface area contributed by atoms with Gasteiger partial charge in [-0.05, 0) is 11.8 Å². The van der Waals surface area contributed by atoms with E-state index in [0.717, 1.165) is 6.54 Å². The molecule has 2 rings (SSSR count). The van der Waals surface area contributed by atoms with Gasteiger partial charge in [-0.1, -0.05) is 19.0 Å². The second-order valence-corrected chi connectivity index (χ2v) is 8.88. The molecule has 1 aromatic heterocycles. The number of aromatic nitrogens is 2. The van der Waals surface area contributed by atoms with Crippen molar-refractivity contribution in [3.63, 3.8) is 0 Å². The molecule has 1 aromatic rings. The molecule has 2 atom stereocenters. The standard InChI is InChI=1S/C15H29N5O4S/c1-11(2)12-8-20(9-13(12)18-25(21,22)19(3)4)10-15-16-14(17-24-15)6-7-23-5/h11-13,18H,6-10H2,1-5H3/t12-,13+/m0/s1. The van der Waals surface area contributed by atoms with Crippen LogP contribution in [0.1, 0.15) is 25.6 Å². The Morgan fingerprint density at radius 1 is 1.40 bits per heavy atom. The highest BCUT2D eigenvalue weighted by molar-refractivity contribution is 7.87. The molecule has 0 radical (unpaired) electrons. The molecule has 10 heteroatoms. The number of rotatable bonds is 9. The Balaban J connectivity index is 2.00. The second kappa shape index (κ2) is 8.54. The summed E-state index contributed by atoms with van der Waals surface area (Å²) in [6.07, 6.45) is 0.611. The molecule has 1 N–H and O–H groups in total. The zero-order chi connectivity index (χ0) is 18.6. The van der Waals surface area contributed by atoms with Crippen molar-refractivity contribution < 1.29 is 17.7 Å². The lowest BCUT2D eigenvalue weighted by atomic mass is 9.92. The summed E-state index contributed by atoms with van der Waals surface area (Å²) in [5.41, 5.74) is 0. The average Bonchev–Trinajstić information content (AvgIpc) is 3.12. The smallest absolute Gasteiger partial charge is 0.279 e. The average molecular weight is 375 g/mol. The van der Waals surface area contributed by atoms with Gasteiger partial charge in [0.2, 0.25) is 5.89 Å². The maximum Gasteiger partial charge on any atom is 0.279 e. The van der Waals surface area contributed by atoms with Crippen LogP contribution in [0.15, 0.2) is 4.52 Å². The molecule has 2 heterocycles. The van der Waals surface area contributed by atoms with Crippen LogP contribution in [-0.2, 0) is 27.9 Å². The highest BCUT2D eigenvalue weighted by Gasteiger charge is 2.37. The van der Waals surface area contributed by atoms with Crippen molar-refractivity contribution in [3.05, 3.63) is 11.7 Å². The van der Waals surface area contributed by atoms with Crippen LogP contribution in [0.25, 0.3) is 0 Å². The van der Waals surface area contributed by atoms with E-state index in [4.69, 9.17) is 9.26 Å². The summed E-state index contributed by atoms with van der Waals surface area (Å²) in [7, 11) is 1.23. The first kappa shape index (κ1) is 20.2. The fourth-order valence-electron chi connectivity index (χ4n) is 2.98. The van der Waals surface area contributed by atoms with Gasteiger partial charge in [-0.15, -0.1) is 0 Å². The Bertz CT molecular complexity index is 646. The highest BCUT2D eigenvalue weighted by Crippen LogP contribution is 2.26. The van der Waals surface area contributed by atoms with E-state index < -0.39 is 10.2 Å². The Hall–Kier alpha value is -1.07. The van der Waals surface area contributed by atoms with Gasteiger partial charge >= 0.3 is 0 Å². The highest BCUT2D eigenvalue weighted by atomic mass is 32.2. The molecule has 0 spiro atoms. The van der Waals surface area contributed by atoms with Gasteiger partial charge in [-0.25, -0.2) is 0 Å². The summed E-state index contributed by atoms with van der Waals surface area (Å²) < 4.78 is 38.6. The molecule has 0 aliphatic carbocycles. The minimum atomic E-state index is -3.46. The number of nitrogens with one attached hydrogen (secondary N) is 1. The molecule has 144 valence electrons. The lowest BCUT2D eigenvalue weighted by Gasteiger charge is -2.24. The van der Waals surface area contributed by atoms with Gasteiger partial charge in [-0.3, -0.25) is 4.90 Å². The number of methoxy groups -OCH3 is 1. The lowest BCUT2D eigenvalue weighted by Crippen LogP contribution is -2.46. The molecule has 0 saturated carbocycles. The fraction of sp³-hybridized carbons (Fsp3) is 0.867. The van der Waals surface area contributed by atoms with Crippen LogP contribution >= 0.6 is 0 Å². The Morgan fingerprint density at radius 2 is 2.12 bits per heavy atom. The van der Waals surface area contributed by atoms with Gasteiger partial charge in [-0.2, -0.15) is 22.4 Å². The Morgan fingerprint density at radius 3 is 2.72 bits per heavy atom. The van der Waals surface area contributed by atoms with Crippen molar-refractivity contribution in [2.75, 3.05) is 40.9 Å². The minimum absolute atomic E-state index is 0.136. The Labute approximate surface area is 149 Å². The van der Waals surface area contributed by atoms with Gasteiger partial charge in [0.05, 0.1) is 13.2 Å². The molecule has 1 aliphatic heterocycles. The monoisotopic (exact) mass is 375 g/mol. The number of likely N-dealkylation sites (tertiary alicyclic amines) is 1. The molecule has 0 aromatic carbocycles. The van der Waals surface area contributed by atoms with E-state index in [1.807, 2.05) is 0 Å². The summed E-state index contributed by atoms with van der Waals surface area (Å²) in [6, 6.07) is -0.136. The van der Waals surface area contributed by atoms with Gasteiger partial charge in [0.1, 0.15) is 0 Å². The van der Waals surface area contributed by atoms with Crippen molar-refractivity contribution in [1.29, 1.82) is 0 Å².